The molecule has 0 aliphatic rings. The fraction of sp³-hybridized carbons (Fsp3) is 0.250. The number of carbonyl (C=O) groups excluding carboxylic acids is 1. The van der Waals surface area contributed by atoms with Crippen LogP contribution < -0.4 is 10.9 Å². The number of rotatable bonds is 5. The maximum Gasteiger partial charge on any atom is 0.274 e. The Bertz CT molecular complexity index is 1080. The summed E-state index contributed by atoms with van der Waals surface area (Å²) in [6.07, 6.45) is -0.998. The van der Waals surface area contributed by atoms with Crippen LogP contribution in [-0.4, -0.2) is 27.3 Å². The van der Waals surface area contributed by atoms with E-state index in [-0.39, 0.29) is 23.8 Å². The number of hydrogen-bond donors (Lipinski definition) is 2. The zero-order chi connectivity index (χ0) is 20.4. The predicted molar refractivity (Wildman–Crippen MR) is 110 cm³/mol. The van der Waals surface area contributed by atoms with Crippen molar-refractivity contribution in [3.05, 3.63) is 74.1 Å². The van der Waals surface area contributed by atoms with E-state index < -0.39 is 12.0 Å². The van der Waals surface area contributed by atoms with Gasteiger partial charge in [-0.2, -0.15) is 5.10 Å². The zero-order valence-electron chi connectivity index (χ0n) is 15.3. The molecule has 0 saturated heterocycles. The van der Waals surface area contributed by atoms with Crippen LogP contribution in [0.1, 0.15) is 42.0 Å². The molecule has 0 bridgehead atoms. The number of aromatic nitrogens is 2. The first-order valence-corrected chi connectivity index (χ1v) is 9.47. The second kappa shape index (κ2) is 8.31. The number of fused-ring (bicyclic) bond motifs is 1. The molecule has 3 aromatic rings. The number of carbonyl (C=O) groups is 1. The van der Waals surface area contributed by atoms with E-state index in [1.807, 2.05) is 13.8 Å². The lowest BCUT2D eigenvalue weighted by Crippen LogP contribution is -2.33. The molecule has 0 aliphatic heterocycles. The first-order valence-electron chi connectivity index (χ1n) is 8.71. The Morgan fingerprint density at radius 2 is 1.75 bits per heavy atom. The van der Waals surface area contributed by atoms with Crippen molar-refractivity contribution in [3.8, 4) is 0 Å². The largest absolute Gasteiger partial charge is 0.387 e. The molecule has 0 fully saturated rings. The van der Waals surface area contributed by atoms with Gasteiger partial charge in [0.05, 0.1) is 17.5 Å². The molecular weight excluding hydrogens is 401 g/mol. The van der Waals surface area contributed by atoms with Crippen molar-refractivity contribution < 1.29 is 9.90 Å². The summed E-state index contributed by atoms with van der Waals surface area (Å²) in [4.78, 5) is 25.3. The number of aliphatic hydroxyl groups is 1. The molecule has 146 valence electrons. The summed E-state index contributed by atoms with van der Waals surface area (Å²) in [6, 6.07) is 11.3. The Hall–Kier alpha value is -2.41. The molecule has 28 heavy (non-hydrogen) atoms. The summed E-state index contributed by atoms with van der Waals surface area (Å²) in [6.45, 7) is 3.57. The van der Waals surface area contributed by atoms with Gasteiger partial charge in [-0.3, -0.25) is 9.59 Å². The molecule has 0 aliphatic carbocycles. The molecule has 2 N–H and O–H groups in total. The van der Waals surface area contributed by atoms with Crippen LogP contribution in [-0.2, 0) is 0 Å². The summed E-state index contributed by atoms with van der Waals surface area (Å²) in [7, 11) is 0. The van der Waals surface area contributed by atoms with Crippen molar-refractivity contribution in [1.29, 1.82) is 0 Å². The van der Waals surface area contributed by atoms with E-state index in [1.54, 1.807) is 42.5 Å². The van der Waals surface area contributed by atoms with Crippen LogP contribution in [0.3, 0.4) is 0 Å². The lowest BCUT2D eigenvalue weighted by Gasteiger charge is -2.15. The maximum atomic E-state index is 12.8. The highest BCUT2D eigenvalue weighted by Crippen LogP contribution is 2.23. The Balaban J connectivity index is 1.89. The average Bonchev–Trinajstić information content (AvgIpc) is 2.65. The number of nitrogens with zero attached hydrogens (tertiary/aromatic N) is 2. The highest BCUT2D eigenvalue weighted by atomic mass is 35.5. The number of nitrogens with one attached hydrogen (secondary N) is 1. The summed E-state index contributed by atoms with van der Waals surface area (Å²) in [5, 5.41) is 18.9. The van der Waals surface area contributed by atoms with E-state index in [1.165, 1.54) is 4.68 Å². The normalized spacial score (nSPS) is 12.4. The zero-order valence-corrected chi connectivity index (χ0v) is 16.8. The molecule has 1 heterocycles. The summed E-state index contributed by atoms with van der Waals surface area (Å²) in [5.74, 6) is -0.488. The van der Waals surface area contributed by atoms with Crippen molar-refractivity contribution in [2.45, 2.75) is 26.0 Å². The van der Waals surface area contributed by atoms with Gasteiger partial charge in [0.15, 0.2) is 5.69 Å². The maximum absolute atomic E-state index is 12.8. The van der Waals surface area contributed by atoms with Crippen LogP contribution in [0.5, 0.6) is 0 Å². The van der Waals surface area contributed by atoms with Crippen molar-refractivity contribution in [1.82, 2.24) is 15.1 Å². The van der Waals surface area contributed by atoms with Crippen molar-refractivity contribution in [2.24, 2.45) is 0 Å². The number of hydrogen-bond acceptors (Lipinski definition) is 4. The van der Waals surface area contributed by atoms with Crippen molar-refractivity contribution in [2.75, 3.05) is 6.54 Å². The van der Waals surface area contributed by atoms with Gasteiger partial charge in [-0.05, 0) is 43.7 Å². The second-order valence-corrected chi connectivity index (χ2v) is 7.54. The van der Waals surface area contributed by atoms with Crippen LogP contribution in [0.4, 0.5) is 0 Å². The molecule has 1 aromatic heterocycles. The summed E-state index contributed by atoms with van der Waals surface area (Å²) >= 11 is 11.9. The van der Waals surface area contributed by atoms with E-state index in [4.69, 9.17) is 23.2 Å². The molecule has 6 nitrogen and oxygen atoms in total. The smallest absolute Gasteiger partial charge is 0.274 e. The number of aliphatic hydroxyl groups excluding tert-OH is 1. The third-order valence-electron chi connectivity index (χ3n) is 4.26. The van der Waals surface area contributed by atoms with Crippen LogP contribution >= 0.6 is 23.2 Å². The minimum absolute atomic E-state index is 0.0632. The lowest BCUT2D eigenvalue weighted by atomic mass is 10.1. The van der Waals surface area contributed by atoms with E-state index in [0.29, 0.717) is 26.4 Å². The molecule has 1 unspecified atom stereocenters. The van der Waals surface area contributed by atoms with E-state index in [0.717, 1.165) is 0 Å². The highest BCUT2D eigenvalue weighted by molar-refractivity contribution is 6.34. The molecule has 2 aromatic carbocycles. The molecule has 1 amide bonds. The second-order valence-electron chi connectivity index (χ2n) is 6.67. The van der Waals surface area contributed by atoms with E-state index in [2.05, 4.69) is 10.4 Å². The van der Waals surface area contributed by atoms with Gasteiger partial charge in [0.1, 0.15) is 0 Å². The van der Waals surface area contributed by atoms with Gasteiger partial charge in [-0.25, -0.2) is 4.68 Å². The monoisotopic (exact) mass is 419 g/mol. The Morgan fingerprint density at radius 3 is 2.36 bits per heavy atom. The van der Waals surface area contributed by atoms with Crippen LogP contribution in [0.15, 0.2) is 47.3 Å². The molecule has 8 heteroatoms. The van der Waals surface area contributed by atoms with Gasteiger partial charge in [0.2, 0.25) is 0 Å². The molecule has 0 radical (unpaired) electrons. The lowest BCUT2D eigenvalue weighted by molar-refractivity contribution is 0.0910. The Morgan fingerprint density at radius 1 is 1.14 bits per heavy atom. The quantitative estimate of drug-likeness (QED) is 0.659. The van der Waals surface area contributed by atoms with E-state index in [9.17, 15) is 14.7 Å². The summed E-state index contributed by atoms with van der Waals surface area (Å²) in [5.41, 5.74) is 0.360. The average molecular weight is 420 g/mol. The third-order valence-corrected chi connectivity index (χ3v) is 4.69. The van der Waals surface area contributed by atoms with Gasteiger partial charge >= 0.3 is 0 Å². The van der Waals surface area contributed by atoms with Gasteiger partial charge in [0, 0.05) is 22.0 Å². The molecule has 0 spiro atoms. The topological polar surface area (TPSA) is 84.2 Å². The predicted octanol–water partition coefficient (Wildman–Crippen LogP) is 3.75. The fourth-order valence-electron chi connectivity index (χ4n) is 2.88. The Labute approximate surface area is 171 Å². The van der Waals surface area contributed by atoms with Crippen molar-refractivity contribution >= 4 is 39.9 Å². The minimum Gasteiger partial charge on any atom is -0.387 e. The minimum atomic E-state index is -0.998. The Kier molecular flexibility index (Phi) is 6.03. The fourth-order valence-corrected chi connectivity index (χ4v) is 3.43. The summed E-state index contributed by atoms with van der Waals surface area (Å²) < 4.78 is 1.28. The first-order chi connectivity index (χ1) is 13.3. The standard InChI is InChI=1S/C20H19Cl2N3O3/c1-11(2)25-20(28)16-6-4-3-5-15(16)18(24-25)19(27)23-10-17(26)12-7-13(21)9-14(22)8-12/h3-9,11,17,26H,10H2,1-2H3,(H,23,27). The van der Waals surface area contributed by atoms with Crippen LogP contribution in [0, 0.1) is 0 Å². The third kappa shape index (κ3) is 4.19. The van der Waals surface area contributed by atoms with Gasteiger partial charge in [-0.15, -0.1) is 0 Å². The molecule has 3 rings (SSSR count). The van der Waals surface area contributed by atoms with Crippen LogP contribution in [0.2, 0.25) is 10.0 Å². The molecular formula is C20H19Cl2N3O3. The SMILES string of the molecule is CC(C)n1nc(C(=O)NCC(O)c2cc(Cl)cc(Cl)c2)c2ccccc2c1=O. The van der Waals surface area contributed by atoms with Crippen LogP contribution in [0.25, 0.3) is 10.8 Å². The van der Waals surface area contributed by atoms with E-state index >= 15 is 0 Å². The van der Waals surface area contributed by atoms with Gasteiger partial charge in [0.25, 0.3) is 11.5 Å². The molecule has 1 atom stereocenters. The highest BCUT2D eigenvalue weighted by Gasteiger charge is 2.19. The first kappa shape index (κ1) is 20.3. The number of halogens is 2. The van der Waals surface area contributed by atoms with Gasteiger partial charge in [-0.1, -0.05) is 41.4 Å². The number of benzene rings is 2. The molecule has 0 saturated carbocycles. The number of amides is 1. The van der Waals surface area contributed by atoms with Crippen molar-refractivity contribution in [3.63, 3.8) is 0 Å². The van der Waals surface area contributed by atoms with Gasteiger partial charge < -0.3 is 10.4 Å².